The molecule has 0 aliphatic rings. The van der Waals surface area contributed by atoms with Gasteiger partial charge in [0.05, 0.1) is 22.2 Å². The molecule has 0 radical (unpaired) electrons. The highest BCUT2D eigenvalue weighted by molar-refractivity contribution is 6.43. The Labute approximate surface area is 138 Å². The van der Waals surface area contributed by atoms with Gasteiger partial charge in [0.15, 0.2) is 6.61 Å². The molecule has 0 aliphatic heterocycles. The highest BCUT2D eigenvalue weighted by Gasteiger charge is 2.15. The fourth-order valence-corrected chi connectivity index (χ4v) is 1.80. The first kappa shape index (κ1) is 18.3. The van der Waals surface area contributed by atoms with Crippen LogP contribution in [0.1, 0.15) is 23.7 Å². The standard InChI is InChI=1S/C14H16Cl2N2O4/c1-2-6-17-11(19)7-18-12(20)8-22-14(21)9-4-3-5-10(15)13(9)16/h3-5H,2,6-8H2,1H3,(H,17,19)(H,18,20). The molecule has 0 saturated carbocycles. The Morgan fingerprint density at radius 2 is 1.86 bits per heavy atom. The minimum Gasteiger partial charge on any atom is -0.452 e. The second-order valence-electron chi connectivity index (χ2n) is 4.30. The zero-order valence-corrected chi connectivity index (χ0v) is 13.5. The van der Waals surface area contributed by atoms with Crippen molar-refractivity contribution in [3.05, 3.63) is 33.8 Å². The summed E-state index contributed by atoms with van der Waals surface area (Å²) in [4.78, 5) is 34.5. The van der Waals surface area contributed by atoms with E-state index in [1.807, 2.05) is 6.92 Å². The van der Waals surface area contributed by atoms with Crippen molar-refractivity contribution in [2.45, 2.75) is 13.3 Å². The first-order valence-corrected chi connectivity index (χ1v) is 7.35. The topological polar surface area (TPSA) is 84.5 Å². The summed E-state index contributed by atoms with van der Waals surface area (Å²) in [5, 5.41) is 5.21. The van der Waals surface area contributed by atoms with Gasteiger partial charge in [0, 0.05) is 6.54 Å². The summed E-state index contributed by atoms with van der Waals surface area (Å²) in [6.07, 6.45) is 0.803. The SMILES string of the molecule is CCCNC(=O)CNC(=O)COC(=O)c1cccc(Cl)c1Cl. The molecule has 0 heterocycles. The molecule has 8 heteroatoms. The summed E-state index contributed by atoms with van der Waals surface area (Å²) in [6.45, 7) is 1.77. The lowest BCUT2D eigenvalue weighted by atomic mass is 10.2. The number of ether oxygens (including phenoxy) is 1. The van der Waals surface area contributed by atoms with Gasteiger partial charge in [-0.2, -0.15) is 0 Å². The Bertz CT molecular complexity index is 564. The van der Waals surface area contributed by atoms with E-state index >= 15 is 0 Å². The fourth-order valence-electron chi connectivity index (χ4n) is 1.43. The van der Waals surface area contributed by atoms with Crippen LogP contribution in [0.3, 0.4) is 0 Å². The van der Waals surface area contributed by atoms with Crippen molar-refractivity contribution in [2.24, 2.45) is 0 Å². The van der Waals surface area contributed by atoms with E-state index in [0.717, 1.165) is 6.42 Å². The highest BCUT2D eigenvalue weighted by Crippen LogP contribution is 2.25. The lowest BCUT2D eigenvalue weighted by Crippen LogP contribution is -2.38. The lowest BCUT2D eigenvalue weighted by molar-refractivity contribution is -0.127. The fraction of sp³-hybridized carbons (Fsp3) is 0.357. The molecule has 120 valence electrons. The maximum absolute atomic E-state index is 11.8. The number of carbonyl (C=O) groups excluding carboxylic acids is 3. The number of nitrogens with one attached hydrogen (secondary N) is 2. The van der Waals surface area contributed by atoms with Crippen molar-refractivity contribution in [3.63, 3.8) is 0 Å². The van der Waals surface area contributed by atoms with Gasteiger partial charge in [-0.3, -0.25) is 9.59 Å². The number of hydrogen-bond acceptors (Lipinski definition) is 4. The summed E-state index contributed by atoms with van der Waals surface area (Å²) in [5.74, 6) is -1.66. The van der Waals surface area contributed by atoms with E-state index in [1.165, 1.54) is 12.1 Å². The van der Waals surface area contributed by atoms with Crippen molar-refractivity contribution < 1.29 is 19.1 Å². The second-order valence-corrected chi connectivity index (χ2v) is 5.09. The molecule has 0 atom stereocenters. The van der Waals surface area contributed by atoms with E-state index < -0.39 is 18.5 Å². The summed E-state index contributed by atoms with van der Waals surface area (Å²) in [6, 6.07) is 4.51. The molecule has 22 heavy (non-hydrogen) atoms. The molecule has 0 spiro atoms. The Balaban J connectivity index is 2.39. The van der Waals surface area contributed by atoms with Crippen molar-refractivity contribution in [3.8, 4) is 0 Å². The Hall–Kier alpha value is -1.79. The smallest absolute Gasteiger partial charge is 0.340 e. The minimum atomic E-state index is -0.766. The van der Waals surface area contributed by atoms with Crippen molar-refractivity contribution in [1.29, 1.82) is 0 Å². The molecule has 0 aliphatic carbocycles. The Kier molecular flexibility index (Phi) is 7.70. The van der Waals surface area contributed by atoms with Crippen LogP contribution in [0.25, 0.3) is 0 Å². The number of amides is 2. The van der Waals surface area contributed by atoms with E-state index in [1.54, 1.807) is 6.07 Å². The monoisotopic (exact) mass is 346 g/mol. The van der Waals surface area contributed by atoms with Gasteiger partial charge in [-0.15, -0.1) is 0 Å². The molecule has 1 rings (SSSR count). The third-order valence-electron chi connectivity index (χ3n) is 2.52. The molecular formula is C14H16Cl2N2O4. The van der Waals surface area contributed by atoms with Gasteiger partial charge >= 0.3 is 5.97 Å². The van der Waals surface area contributed by atoms with E-state index in [9.17, 15) is 14.4 Å². The van der Waals surface area contributed by atoms with Crippen LogP contribution in [0.15, 0.2) is 18.2 Å². The molecule has 0 fully saturated rings. The zero-order valence-electron chi connectivity index (χ0n) is 11.9. The van der Waals surface area contributed by atoms with Crippen LogP contribution in [0, 0.1) is 0 Å². The Morgan fingerprint density at radius 1 is 1.14 bits per heavy atom. The van der Waals surface area contributed by atoms with Crippen LogP contribution < -0.4 is 10.6 Å². The molecule has 1 aromatic carbocycles. The van der Waals surface area contributed by atoms with Gasteiger partial charge in [-0.05, 0) is 18.6 Å². The number of benzene rings is 1. The van der Waals surface area contributed by atoms with Crippen LogP contribution in [0.5, 0.6) is 0 Å². The van der Waals surface area contributed by atoms with Crippen molar-refractivity contribution in [1.82, 2.24) is 10.6 Å². The first-order valence-electron chi connectivity index (χ1n) is 6.60. The molecular weight excluding hydrogens is 331 g/mol. The first-order chi connectivity index (χ1) is 10.5. The predicted molar refractivity (Wildman–Crippen MR) is 83.1 cm³/mol. The van der Waals surface area contributed by atoms with Gasteiger partial charge in [-0.1, -0.05) is 36.2 Å². The van der Waals surface area contributed by atoms with Crippen molar-refractivity contribution in [2.75, 3.05) is 19.7 Å². The van der Waals surface area contributed by atoms with E-state index in [0.29, 0.717) is 6.54 Å². The van der Waals surface area contributed by atoms with Gasteiger partial charge in [-0.25, -0.2) is 4.79 Å². The van der Waals surface area contributed by atoms with Crippen LogP contribution in [0.4, 0.5) is 0 Å². The van der Waals surface area contributed by atoms with E-state index in [-0.39, 0.29) is 28.1 Å². The third kappa shape index (κ3) is 5.91. The van der Waals surface area contributed by atoms with Gasteiger partial charge in [0.2, 0.25) is 5.91 Å². The molecule has 0 aromatic heterocycles. The largest absolute Gasteiger partial charge is 0.452 e. The highest BCUT2D eigenvalue weighted by atomic mass is 35.5. The predicted octanol–water partition coefficient (Wildman–Crippen LogP) is 1.79. The number of halogens is 2. The molecule has 2 amide bonds. The summed E-state index contributed by atoms with van der Waals surface area (Å²) in [5.41, 5.74) is 0.0719. The molecule has 2 N–H and O–H groups in total. The number of rotatable bonds is 7. The molecule has 0 saturated heterocycles. The molecule has 1 aromatic rings. The summed E-state index contributed by atoms with van der Waals surface area (Å²) < 4.78 is 4.81. The molecule has 0 unspecified atom stereocenters. The number of carbonyl (C=O) groups is 3. The van der Waals surface area contributed by atoms with Gasteiger partial charge in [0.1, 0.15) is 0 Å². The average Bonchev–Trinajstić information content (AvgIpc) is 2.51. The number of hydrogen-bond donors (Lipinski definition) is 2. The van der Waals surface area contributed by atoms with Crippen LogP contribution >= 0.6 is 23.2 Å². The normalized spacial score (nSPS) is 9.95. The quantitative estimate of drug-likeness (QED) is 0.737. The van der Waals surface area contributed by atoms with Gasteiger partial charge in [0.25, 0.3) is 5.91 Å². The maximum Gasteiger partial charge on any atom is 0.340 e. The summed E-state index contributed by atoms with van der Waals surface area (Å²) >= 11 is 11.7. The van der Waals surface area contributed by atoms with Gasteiger partial charge < -0.3 is 15.4 Å². The third-order valence-corrected chi connectivity index (χ3v) is 3.34. The lowest BCUT2D eigenvalue weighted by Gasteiger charge is -2.08. The van der Waals surface area contributed by atoms with Crippen LogP contribution in [0.2, 0.25) is 10.0 Å². The molecule has 6 nitrogen and oxygen atoms in total. The van der Waals surface area contributed by atoms with Crippen LogP contribution in [-0.4, -0.2) is 37.5 Å². The minimum absolute atomic E-state index is 0.0634. The maximum atomic E-state index is 11.8. The summed E-state index contributed by atoms with van der Waals surface area (Å²) in [7, 11) is 0. The van der Waals surface area contributed by atoms with E-state index in [4.69, 9.17) is 27.9 Å². The van der Waals surface area contributed by atoms with E-state index in [2.05, 4.69) is 10.6 Å². The molecule has 0 bridgehead atoms. The average molecular weight is 347 g/mol. The zero-order chi connectivity index (χ0) is 16.5. The number of esters is 1. The van der Waals surface area contributed by atoms with Crippen molar-refractivity contribution >= 4 is 41.0 Å². The second kappa shape index (κ2) is 9.27. The Morgan fingerprint density at radius 3 is 2.55 bits per heavy atom. The van der Waals surface area contributed by atoms with Crippen LogP contribution in [-0.2, 0) is 14.3 Å².